The van der Waals surface area contributed by atoms with Gasteiger partial charge in [0.25, 0.3) is 5.91 Å². The van der Waals surface area contributed by atoms with E-state index < -0.39 is 11.8 Å². The van der Waals surface area contributed by atoms with E-state index in [2.05, 4.69) is 4.98 Å². The molecule has 0 aliphatic heterocycles. The molecule has 0 spiro atoms. The van der Waals surface area contributed by atoms with Gasteiger partial charge in [-0.25, -0.2) is 0 Å². The lowest BCUT2D eigenvalue weighted by atomic mass is 10.1. The van der Waals surface area contributed by atoms with Crippen LogP contribution in [0.4, 0.5) is 0 Å². The average Bonchev–Trinajstić information content (AvgIpc) is 2.15. The van der Waals surface area contributed by atoms with Gasteiger partial charge in [-0.2, -0.15) is 0 Å². The Kier molecular flexibility index (Phi) is 3.17. The zero-order valence-corrected chi connectivity index (χ0v) is 7.43. The van der Waals surface area contributed by atoms with Crippen LogP contribution in [0.2, 0.25) is 0 Å². The second-order valence-corrected chi connectivity index (χ2v) is 2.71. The van der Waals surface area contributed by atoms with Crippen LogP contribution < -0.4 is 11.5 Å². The summed E-state index contributed by atoms with van der Waals surface area (Å²) in [6.07, 6.45) is 3.19. The van der Waals surface area contributed by atoms with Crippen LogP contribution in [0.3, 0.4) is 0 Å². The molecular formula is C9H10N3O2. The molecule has 1 aromatic rings. The normalized spacial score (nSPS) is 9.71. The molecule has 0 saturated carbocycles. The molecule has 73 valence electrons. The van der Waals surface area contributed by atoms with Crippen molar-refractivity contribution in [2.24, 2.45) is 11.5 Å². The van der Waals surface area contributed by atoms with E-state index in [0.717, 1.165) is 0 Å². The monoisotopic (exact) mass is 192 g/mol. The van der Waals surface area contributed by atoms with Crippen molar-refractivity contribution in [2.45, 2.75) is 6.42 Å². The fourth-order valence-corrected chi connectivity index (χ4v) is 0.927. The van der Waals surface area contributed by atoms with E-state index in [4.69, 9.17) is 11.5 Å². The highest BCUT2D eigenvalue weighted by molar-refractivity contribution is 5.90. The Morgan fingerprint density at radius 3 is 2.71 bits per heavy atom. The number of carbonyl (C=O) groups is 2. The second kappa shape index (κ2) is 4.36. The summed E-state index contributed by atoms with van der Waals surface area (Å²) in [5.74, 6) is -1.03. The summed E-state index contributed by atoms with van der Waals surface area (Å²) in [5, 5.41) is 0. The average molecular weight is 192 g/mol. The van der Waals surface area contributed by atoms with Crippen molar-refractivity contribution in [3.8, 4) is 0 Å². The molecular weight excluding hydrogens is 182 g/mol. The van der Waals surface area contributed by atoms with E-state index in [1.165, 1.54) is 12.3 Å². The predicted octanol–water partition coefficient (Wildman–Crippen LogP) is -0.392. The number of hydrogen-bond acceptors (Lipinski definition) is 3. The molecule has 1 rings (SSSR count). The molecule has 4 N–H and O–H groups in total. The molecule has 1 aromatic heterocycles. The Morgan fingerprint density at radius 1 is 1.43 bits per heavy atom. The van der Waals surface area contributed by atoms with E-state index in [-0.39, 0.29) is 12.1 Å². The molecule has 0 saturated heterocycles. The Labute approximate surface area is 81.1 Å². The van der Waals surface area contributed by atoms with Crippen molar-refractivity contribution in [1.82, 2.24) is 4.98 Å². The number of pyridine rings is 1. The van der Waals surface area contributed by atoms with Gasteiger partial charge < -0.3 is 11.5 Å². The second-order valence-electron chi connectivity index (χ2n) is 2.71. The van der Waals surface area contributed by atoms with Crippen molar-refractivity contribution in [3.05, 3.63) is 36.0 Å². The first-order valence-electron chi connectivity index (χ1n) is 3.97. The third-order valence-corrected chi connectivity index (χ3v) is 1.58. The van der Waals surface area contributed by atoms with Gasteiger partial charge in [-0.3, -0.25) is 14.6 Å². The number of rotatable bonds is 4. The van der Waals surface area contributed by atoms with Crippen molar-refractivity contribution >= 4 is 11.8 Å². The summed E-state index contributed by atoms with van der Waals surface area (Å²) in [6, 6.07) is 3.17. The summed E-state index contributed by atoms with van der Waals surface area (Å²) < 4.78 is 0. The lowest BCUT2D eigenvalue weighted by Crippen LogP contribution is -2.13. The van der Waals surface area contributed by atoms with Crippen LogP contribution in [0.15, 0.2) is 18.3 Å². The fraction of sp³-hybridized carbons (Fsp3) is 0.111. The van der Waals surface area contributed by atoms with Crippen LogP contribution in [0.5, 0.6) is 0 Å². The van der Waals surface area contributed by atoms with Crippen LogP contribution in [-0.2, 0) is 4.79 Å². The molecule has 0 aliphatic carbocycles. The van der Waals surface area contributed by atoms with Crippen molar-refractivity contribution in [2.75, 3.05) is 0 Å². The van der Waals surface area contributed by atoms with Crippen molar-refractivity contribution < 1.29 is 9.59 Å². The minimum atomic E-state index is -0.598. The van der Waals surface area contributed by atoms with E-state index in [1.54, 1.807) is 12.5 Å². The van der Waals surface area contributed by atoms with Crippen LogP contribution in [0.1, 0.15) is 22.5 Å². The lowest BCUT2D eigenvalue weighted by molar-refractivity contribution is -0.117. The number of amides is 2. The highest BCUT2D eigenvalue weighted by Gasteiger charge is 2.03. The minimum absolute atomic E-state index is 0.127. The topological polar surface area (TPSA) is 99.1 Å². The SMILES string of the molecule is NC(=O)C[CH]c1ccnc(C(N)=O)c1. The molecule has 1 heterocycles. The summed E-state index contributed by atoms with van der Waals surface area (Å²) in [5.41, 5.74) is 10.9. The summed E-state index contributed by atoms with van der Waals surface area (Å²) >= 11 is 0. The molecule has 5 heteroatoms. The highest BCUT2D eigenvalue weighted by Crippen LogP contribution is 2.06. The van der Waals surface area contributed by atoms with Gasteiger partial charge in [-0.1, -0.05) is 0 Å². The number of carbonyl (C=O) groups excluding carboxylic acids is 2. The number of hydrogen-bond donors (Lipinski definition) is 2. The number of primary amides is 2. The zero-order chi connectivity index (χ0) is 10.6. The molecule has 1 radical (unpaired) electrons. The van der Waals surface area contributed by atoms with Crippen LogP contribution in [0.25, 0.3) is 0 Å². The van der Waals surface area contributed by atoms with Gasteiger partial charge in [0.1, 0.15) is 5.69 Å². The van der Waals surface area contributed by atoms with E-state index in [1.807, 2.05) is 0 Å². The third-order valence-electron chi connectivity index (χ3n) is 1.58. The summed E-state index contributed by atoms with van der Waals surface area (Å²) in [7, 11) is 0. The summed E-state index contributed by atoms with van der Waals surface area (Å²) in [4.78, 5) is 25.0. The van der Waals surface area contributed by atoms with Gasteiger partial charge in [0.15, 0.2) is 0 Å². The maximum absolute atomic E-state index is 10.7. The minimum Gasteiger partial charge on any atom is -0.370 e. The van der Waals surface area contributed by atoms with Gasteiger partial charge in [-0.15, -0.1) is 0 Å². The smallest absolute Gasteiger partial charge is 0.267 e. The van der Waals surface area contributed by atoms with Gasteiger partial charge >= 0.3 is 0 Å². The van der Waals surface area contributed by atoms with Gasteiger partial charge in [0.05, 0.1) is 0 Å². The molecule has 0 aliphatic rings. The van der Waals surface area contributed by atoms with Gasteiger partial charge in [0.2, 0.25) is 5.91 Å². The van der Waals surface area contributed by atoms with E-state index in [9.17, 15) is 9.59 Å². The maximum atomic E-state index is 10.7. The standard InChI is InChI=1S/C9H10N3O2/c10-8(13)2-1-6-3-4-12-7(5-6)9(11)14/h1,3-5H,2H2,(H2,10,13)(H2,11,14). The Morgan fingerprint density at radius 2 is 2.14 bits per heavy atom. The zero-order valence-electron chi connectivity index (χ0n) is 7.43. The first-order valence-corrected chi connectivity index (χ1v) is 3.97. The van der Waals surface area contributed by atoms with Gasteiger partial charge in [0, 0.05) is 19.0 Å². The van der Waals surface area contributed by atoms with E-state index >= 15 is 0 Å². The number of nitrogens with two attached hydrogens (primary N) is 2. The molecule has 0 aromatic carbocycles. The quantitative estimate of drug-likeness (QED) is 0.679. The van der Waals surface area contributed by atoms with Crippen LogP contribution >= 0.6 is 0 Å². The van der Waals surface area contributed by atoms with Crippen LogP contribution in [0, 0.1) is 6.42 Å². The van der Waals surface area contributed by atoms with Crippen LogP contribution in [-0.4, -0.2) is 16.8 Å². The predicted molar refractivity (Wildman–Crippen MR) is 50.0 cm³/mol. The molecule has 0 unspecified atom stereocenters. The Balaban J connectivity index is 2.73. The first kappa shape index (κ1) is 10.2. The Bertz CT molecular complexity index is 363. The highest BCUT2D eigenvalue weighted by atomic mass is 16.1. The fourth-order valence-electron chi connectivity index (χ4n) is 0.927. The number of nitrogens with zero attached hydrogens (tertiary/aromatic N) is 1. The molecule has 0 bridgehead atoms. The van der Waals surface area contributed by atoms with Crippen molar-refractivity contribution in [3.63, 3.8) is 0 Å². The first-order chi connectivity index (χ1) is 6.59. The molecule has 2 amide bonds. The summed E-state index contributed by atoms with van der Waals surface area (Å²) in [6.45, 7) is 0. The Hall–Kier alpha value is -1.91. The molecule has 5 nitrogen and oxygen atoms in total. The number of aromatic nitrogens is 1. The maximum Gasteiger partial charge on any atom is 0.267 e. The van der Waals surface area contributed by atoms with Gasteiger partial charge in [-0.05, 0) is 17.7 Å². The van der Waals surface area contributed by atoms with Crippen molar-refractivity contribution in [1.29, 1.82) is 0 Å². The molecule has 0 atom stereocenters. The van der Waals surface area contributed by atoms with E-state index in [0.29, 0.717) is 5.56 Å². The third kappa shape index (κ3) is 2.85. The molecule has 0 fully saturated rings. The molecule has 14 heavy (non-hydrogen) atoms. The largest absolute Gasteiger partial charge is 0.370 e. The lowest BCUT2D eigenvalue weighted by Gasteiger charge is -1.99.